The molecule has 2 heterocycles. The van der Waals surface area contributed by atoms with E-state index in [0.29, 0.717) is 11.8 Å². The lowest BCUT2D eigenvalue weighted by Gasteiger charge is -2.41. The summed E-state index contributed by atoms with van der Waals surface area (Å²) in [5.41, 5.74) is 0.586. The van der Waals surface area contributed by atoms with Gasteiger partial charge in [-0.1, -0.05) is 0 Å². The van der Waals surface area contributed by atoms with Gasteiger partial charge < -0.3 is 14.5 Å². The summed E-state index contributed by atoms with van der Waals surface area (Å²) in [4.78, 5) is 16.5. The van der Waals surface area contributed by atoms with Gasteiger partial charge in [0.15, 0.2) is 0 Å². The molecule has 2 saturated heterocycles. The van der Waals surface area contributed by atoms with Gasteiger partial charge in [-0.2, -0.15) is 0 Å². The van der Waals surface area contributed by atoms with Gasteiger partial charge in [0, 0.05) is 31.9 Å². The second-order valence-electron chi connectivity index (χ2n) is 9.17. The summed E-state index contributed by atoms with van der Waals surface area (Å²) in [5.74, 6) is 1.33. The number of hydrogen-bond acceptors (Lipinski definition) is 5. The summed E-state index contributed by atoms with van der Waals surface area (Å²) < 4.78 is 28.3. The van der Waals surface area contributed by atoms with Crippen molar-refractivity contribution in [3.8, 4) is 0 Å². The van der Waals surface area contributed by atoms with Crippen LogP contribution in [-0.4, -0.2) is 51.2 Å². The number of carbonyl (C=O) groups is 1. The number of nitrogens with two attached hydrogens (primary N) is 1. The molecule has 0 spiro atoms. The lowest BCUT2D eigenvalue weighted by atomic mass is 9.79. The number of carbonyl (C=O) groups excluding carboxylic acids is 1. The van der Waals surface area contributed by atoms with Crippen molar-refractivity contribution in [2.24, 2.45) is 17.0 Å². The molecule has 0 aliphatic carbocycles. The molecule has 0 aromatic heterocycles. The van der Waals surface area contributed by atoms with E-state index in [1.807, 2.05) is 37.8 Å². The molecule has 7 nitrogen and oxygen atoms in total. The standard InChI is InChI=1S/C21H33N3O4S/c1-21(2,3)28-20(25)24-14-10-17(11-15-24)16-8-12-23(13-9-16)18-4-6-19(7-5-18)29(22,26)27/h4-7,16-17H,8-15H2,1-3H3,(H2,22,26,27). The molecular formula is C21H33N3O4S. The molecule has 162 valence electrons. The fraction of sp³-hybridized carbons (Fsp3) is 0.667. The second-order valence-corrected chi connectivity index (χ2v) is 10.7. The number of benzene rings is 1. The van der Waals surface area contributed by atoms with Gasteiger partial charge in [0.05, 0.1) is 4.90 Å². The molecule has 0 atom stereocenters. The number of amides is 1. The Morgan fingerprint density at radius 1 is 0.966 bits per heavy atom. The van der Waals surface area contributed by atoms with Crippen molar-refractivity contribution in [3.05, 3.63) is 24.3 Å². The third-order valence-electron chi connectivity index (χ3n) is 5.93. The van der Waals surface area contributed by atoms with Crippen LogP contribution in [0.15, 0.2) is 29.2 Å². The van der Waals surface area contributed by atoms with E-state index in [-0.39, 0.29) is 11.0 Å². The Kier molecular flexibility index (Phi) is 6.43. The molecule has 1 amide bonds. The third-order valence-corrected chi connectivity index (χ3v) is 6.86. The second kappa shape index (κ2) is 8.52. The van der Waals surface area contributed by atoms with Crippen LogP contribution in [0.2, 0.25) is 0 Å². The minimum atomic E-state index is -3.65. The first-order valence-corrected chi connectivity index (χ1v) is 11.9. The van der Waals surface area contributed by atoms with Crippen LogP contribution >= 0.6 is 0 Å². The van der Waals surface area contributed by atoms with Crippen LogP contribution in [0.4, 0.5) is 10.5 Å². The molecule has 29 heavy (non-hydrogen) atoms. The normalized spacial score (nSPS) is 20.0. The van der Waals surface area contributed by atoms with Gasteiger partial charge in [0.2, 0.25) is 10.0 Å². The van der Waals surface area contributed by atoms with Crippen LogP contribution < -0.4 is 10.0 Å². The van der Waals surface area contributed by atoms with Gasteiger partial charge in [-0.15, -0.1) is 0 Å². The molecule has 0 saturated carbocycles. The Balaban J connectivity index is 1.47. The van der Waals surface area contributed by atoms with E-state index >= 15 is 0 Å². The molecule has 2 N–H and O–H groups in total. The molecule has 2 aliphatic heterocycles. The lowest BCUT2D eigenvalue weighted by molar-refractivity contribution is 0.0152. The van der Waals surface area contributed by atoms with E-state index in [4.69, 9.17) is 9.88 Å². The molecule has 0 bridgehead atoms. The highest BCUT2D eigenvalue weighted by Gasteiger charge is 2.32. The minimum absolute atomic E-state index is 0.146. The molecule has 8 heteroatoms. The molecule has 1 aromatic rings. The van der Waals surface area contributed by atoms with E-state index in [0.717, 1.165) is 57.5 Å². The number of anilines is 1. The number of primary sulfonamides is 1. The van der Waals surface area contributed by atoms with Crippen LogP contribution in [-0.2, 0) is 14.8 Å². The number of ether oxygens (including phenoxy) is 1. The zero-order chi connectivity index (χ0) is 21.2. The fourth-order valence-corrected chi connectivity index (χ4v) is 4.87. The lowest BCUT2D eigenvalue weighted by Crippen LogP contribution is -2.44. The number of likely N-dealkylation sites (tertiary alicyclic amines) is 1. The van der Waals surface area contributed by atoms with Crippen molar-refractivity contribution in [2.75, 3.05) is 31.1 Å². The summed E-state index contributed by atoms with van der Waals surface area (Å²) in [5, 5.41) is 5.17. The van der Waals surface area contributed by atoms with E-state index in [2.05, 4.69) is 4.90 Å². The van der Waals surface area contributed by atoms with Crippen LogP contribution in [0.1, 0.15) is 46.5 Å². The predicted octanol–water partition coefficient (Wildman–Crippen LogP) is 3.20. The number of nitrogens with zero attached hydrogens (tertiary/aromatic N) is 2. The fourth-order valence-electron chi connectivity index (χ4n) is 4.36. The van der Waals surface area contributed by atoms with Crippen LogP contribution in [0.5, 0.6) is 0 Å². The molecule has 3 rings (SSSR count). The number of hydrogen-bond donors (Lipinski definition) is 1. The van der Waals surface area contributed by atoms with E-state index in [1.54, 1.807) is 12.1 Å². The van der Waals surface area contributed by atoms with Gasteiger partial charge in [-0.05, 0) is 82.6 Å². The van der Waals surface area contributed by atoms with Crippen molar-refractivity contribution in [1.82, 2.24) is 4.90 Å². The highest BCUT2D eigenvalue weighted by Crippen LogP contribution is 2.34. The van der Waals surface area contributed by atoms with Gasteiger partial charge in [-0.25, -0.2) is 18.4 Å². The summed E-state index contributed by atoms with van der Waals surface area (Å²) >= 11 is 0. The number of piperidine rings is 2. The Labute approximate surface area is 174 Å². The first-order chi connectivity index (χ1) is 13.5. The largest absolute Gasteiger partial charge is 0.444 e. The Hall–Kier alpha value is -1.80. The van der Waals surface area contributed by atoms with Crippen molar-refractivity contribution in [3.63, 3.8) is 0 Å². The van der Waals surface area contributed by atoms with E-state index < -0.39 is 15.6 Å². The summed E-state index contributed by atoms with van der Waals surface area (Å²) in [6.45, 7) is 9.16. The predicted molar refractivity (Wildman–Crippen MR) is 113 cm³/mol. The Morgan fingerprint density at radius 3 is 1.90 bits per heavy atom. The number of rotatable bonds is 3. The first kappa shape index (κ1) is 21.9. The molecular weight excluding hydrogens is 390 g/mol. The van der Waals surface area contributed by atoms with Gasteiger partial charge in [0.1, 0.15) is 5.60 Å². The monoisotopic (exact) mass is 423 g/mol. The van der Waals surface area contributed by atoms with Gasteiger partial charge in [-0.3, -0.25) is 0 Å². The van der Waals surface area contributed by atoms with Crippen molar-refractivity contribution < 1.29 is 17.9 Å². The number of sulfonamides is 1. The van der Waals surface area contributed by atoms with Crippen LogP contribution in [0.25, 0.3) is 0 Å². The average Bonchev–Trinajstić information content (AvgIpc) is 2.66. The van der Waals surface area contributed by atoms with E-state index in [1.165, 1.54) is 0 Å². The van der Waals surface area contributed by atoms with Crippen LogP contribution in [0, 0.1) is 11.8 Å². The van der Waals surface area contributed by atoms with Gasteiger partial charge >= 0.3 is 6.09 Å². The van der Waals surface area contributed by atoms with E-state index in [9.17, 15) is 13.2 Å². The maximum Gasteiger partial charge on any atom is 0.410 e. The minimum Gasteiger partial charge on any atom is -0.444 e. The Morgan fingerprint density at radius 2 is 1.45 bits per heavy atom. The Bertz CT molecular complexity index is 801. The smallest absolute Gasteiger partial charge is 0.410 e. The maximum absolute atomic E-state index is 12.2. The molecule has 2 aliphatic rings. The molecule has 0 unspecified atom stereocenters. The first-order valence-electron chi connectivity index (χ1n) is 10.4. The quantitative estimate of drug-likeness (QED) is 0.806. The molecule has 0 radical (unpaired) electrons. The molecule has 1 aromatic carbocycles. The average molecular weight is 424 g/mol. The van der Waals surface area contributed by atoms with Gasteiger partial charge in [0.25, 0.3) is 0 Å². The zero-order valence-electron chi connectivity index (χ0n) is 17.6. The zero-order valence-corrected chi connectivity index (χ0v) is 18.5. The maximum atomic E-state index is 12.2. The summed E-state index contributed by atoms with van der Waals surface area (Å²) in [6, 6.07) is 6.81. The SMILES string of the molecule is CC(C)(C)OC(=O)N1CCC(C2CCN(c3ccc(S(N)(=O)=O)cc3)CC2)CC1. The van der Waals surface area contributed by atoms with Crippen molar-refractivity contribution in [2.45, 2.75) is 57.0 Å². The third kappa shape index (κ3) is 5.85. The van der Waals surface area contributed by atoms with Crippen molar-refractivity contribution >= 4 is 21.8 Å². The summed E-state index contributed by atoms with van der Waals surface area (Å²) in [7, 11) is -3.65. The summed E-state index contributed by atoms with van der Waals surface area (Å²) in [6.07, 6.45) is 4.11. The molecule has 2 fully saturated rings. The van der Waals surface area contributed by atoms with Crippen LogP contribution in [0.3, 0.4) is 0 Å². The van der Waals surface area contributed by atoms with Crippen molar-refractivity contribution in [1.29, 1.82) is 0 Å². The highest BCUT2D eigenvalue weighted by molar-refractivity contribution is 7.89. The topological polar surface area (TPSA) is 92.9 Å². The highest BCUT2D eigenvalue weighted by atomic mass is 32.2.